The second kappa shape index (κ2) is 9.58. The van der Waals surface area contributed by atoms with Crippen molar-refractivity contribution in [2.75, 3.05) is 24.2 Å². The van der Waals surface area contributed by atoms with Gasteiger partial charge in [0.25, 0.3) is 0 Å². The van der Waals surface area contributed by atoms with E-state index in [1.165, 1.54) is 30.3 Å². The normalized spacial score (nSPS) is 16.3. The summed E-state index contributed by atoms with van der Waals surface area (Å²) in [4.78, 5) is 12.5. The first-order valence-corrected chi connectivity index (χ1v) is 11.8. The van der Waals surface area contributed by atoms with Gasteiger partial charge in [0.05, 0.1) is 11.4 Å². The number of thioether (sulfide) groups is 1. The number of benzene rings is 2. The van der Waals surface area contributed by atoms with Crippen LogP contribution in [0.3, 0.4) is 0 Å². The average Bonchev–Trinajstić information content (AvgIpc) is 2.73. The first kappa shape index (κ1) is 23.6. The molecule has 2 aromatic carbocycles. The zero-order chi connectivity index (χ0) is 22.6. The molecule has 31 heavy (non-hydrogen) atoms. The Balaban J connectivity index is 1.62. The van der Waals surface area contributed by atoms with Crippen LogP contribution in [0.25, 0.3) is 0 Å². The standard InChI is InChI=1S/C20H20F4N2O3S2/c21-15-5-1-4-8-18(15)31(28,29)26-11-9-14(10-12-26)19(27)25-16-6-2-3-7-17(16)30-13-20(22,23)24/h1-8,14H,9-13H2,(H,25,27). The van der Waals surface area contributed by atoms with Gasteiger partial charge in [0.1, 0.15) is 10.7 Å². The minimum atomic E-state index is -4.33. The summed E-state index contributed by atoms with van der Waals surface area (Å²) in [6, 6.07) is 11.3. The smallest absolute Gasteiger partial charge is 0.325 e. The topological polar surface area (TPSA) is 66.5 Å². The maximum Gasteiger partial charge on any atom is 0.398 e. The number of anilines is 1. The van der Waals surface area contributed by atoms with Crippen molar-refractivity contribution in [2.24, 2.45) is 5.92 Å². The zero-order valence-electron chi connectivity index (χ0n) is 16.2. The van der Waals surface area contributed by atoms with E-state index in [2.05, 4.69) is 5.32 Å². The van der Waals surface area contributed by atoms with Crippen LogP contribution in [0.1, 0.15) is 12.8 Å². The average molecular weight is 477 g/mol. The van der Waals surface area contributed by atoms with Crippen LogP contribution in [-0.4, -0.2) is 43.6 Å². The molecule has 0 atom stereocenters. The molecule has 2 aromatic rings. The van der Waals surface area contributed by atoms with Crippen molar-refractivity contribution in [3.63, 3.8) is 0 Å². The van der Waals surface area contributed by atoms with Crippen molar-refractivity contribution < 1.29 is 30.8 Å². The number of para-hydroxylation sites is 1. The second-order valence-electron chi connectivity index (χ2n) is 7.00. The Morgan fingerprint density at radius 2 is 1.68 bits per heavy atom. The van der Waals surface area contributed by atoms with Crippen LogP contribution in [0.15, 0.2) is 58.3 Å². The van der Waals surface area contributed by atoms with Crippen LogP contribution in [0.2, 0.25) is 0 Å². The predicted molar refractivity (Wildman–Crippen MR) is 110 cm³/mol. The fraction of sp³-hybridized carbons (Fsp3) is 0.350. The molecular formula is C20H20F4N2O3S2. The largest absolute Gasteiger partial charge is 0.398 e. The number of nitrogens with zero attached hydrogens (tertiary/aromatic N) is 1. The number of halogens is 4. The minimum Gasteiger partial charge on any atom is -0.325 e. The van der Waals surface area contributed by atoms with Gasteiger partial charge in [-0.15, -0.1) is 11.8 Å². The number of amides is 1. The number of piperidine rings is 1. The van der Waals surface area contributed by atoms with E-state index in [9.17, 15) is 30.8 Å². The summed E-state index contributed by atoms with van der Waals surface area (Å²) in [6.07, 6.45) is -3.90. The molecular weight excluding hydrogens is 456 g/mol. The first-order chi connectivity index (χ1) is 14.6. The first-order valence-electron chi connectivity index (χ1n) is 9.42. The summed E-state index contributed by atoms with van der Waals surface area (Å²) in [5.74, 6) is -2.81. The Morgan fingerprint density at radius 1 is 1.06 bits per heavy atom. The lowest BCUT2D eigenvalue weighted by Crippen LogP contribution is -2.41. The van der Waals surface area contributed by atoms with Gasteiger partial charge in [-0.2, -0.15) is 17.5 Å². The molecule has 0 aliphatic carbocycles. The highest BCUT2D eigenvalue weighted by Gasteiger charge is 2.34. The van der Waals surface area contributed by atoms with Crippen LogP contribution in [-0.2, 0) is 14.8 Å². The molecule has 1 N–H and O–H groups in total. The summed E-state index contributed by atoms with van der Waals surface area (Å²) >= 11 is 0.583. The van der Waals surface area contributed by atoms with Crippen LogP contribution in [0.4, 0.5) is 23.2 Å². The number of sulfonamides is 1. The van der Waals surface area contributed by atoms with E-state index in [4.69, 9.17) is 0 Å². The molecule has 3 rings (SSSR count). The van der Waals surface area contributed by atoms with E-state index < -0.39 is 38.6 Å². The molecule has 5 nitrogen and oxygen atoms in total. The zero-order valence-corrected chi connectivity index (χ0v) is 17.9. The molecule has 168 valence electrons. The monoisotopic (exact) mass is 476 g/mol. The molecule has 0 bridgehead atoms. The van der Waals surface area contributed by atoms with Crippen molar-refractivity contribution in [2.45, 2.75) is 28.8 Å². The lowest BCUT2D eigenvalue weighted by atomic mass is 9.97. The van der Waals surface area contributed by atoms with Gasteiger partial charge in [-0.25, -0.2) is 12.8 Å². The lowest BCUT2D eigenvalue weighted by Gasteiger charge is -2.30. The molecule has 1 amide bonds. The van der Waals surface area contributed by atoms with Gasteiger partial charge in [-0.05, 0) is 37.1 Å². The number of alkyl halides is 3. The second-order valence-corrected chi connectivity index (χ2v) is 9.92. The highest BCUT2D eigenvalue weighted by atomic mass is 32.2. The number of rotatable bonds is 6. The quantitative estimate of drug-likeness (QED) is 0.492. The molecule has 11 heteroatoms. The highest BCUT2D eigenvalue weighted by molar-refractivity contribution is 7.99. The van der Waals surface area contributed by atoms with Gasteiger partial charge in [0.15, 0.2) is 0 Å². The van der Waals surface area contributed by atoms with E-state index in [-0.39, 0.29) is 37.5 Å². The number of nitrogens with one attached hydrogen (secondary N) is 1. The number of hydrogen-bond donors (Lipinski definition) is 1. The SMILES string of the molecule is O=C(Nc1ccccc1SCC(F)(F)F)C1CCN(S(=O)(=O)c2ccccc2F)CC1. The fourth-order valence-electron chi connectivity index (χ4n) is 3.24. The highest BCUT2D eigenvalue weighted by Crippen LogP contribution is 2.33. The van der Waals surface area contributed by atoms with Gasteiger partial charge >= 0.3 is 6.18 Å². The third-order valence-corrected chi connectivity index (χ3v) is 7.89. The van der Waals surface area contributed by atoms with E-state index in [0.29, 0.717) is 16.7 Å². The molecule has 1 aliphatic heterocycles. The van der Waals surface area contributed by atoms with Crippen molar-refractivity contribution in [3.05, 3.63) is 54.3 Å². The Kier molecular flexibility index (Phi) is 7.28. The van der Waals surface area contributed by atoms with Crippen LogP contribution < -0.4 is 5.32 Å². The summed E-state index contributed by atoms with van der Waals surface area (Å²) in [5, 5.41) is 2.66. The molecule has 1 fully saturated rings. The maximum absolute atomic E-state index is 13.9. The maximum atomic E-state index is 13.9. The molecule has 0 unspecified atom stereocenters. The van der Waals surface area contributed by atoms with Gasteiger partial charge in [0.2, 0.25) is 15.9 Å². The summed E-state index contributed by atoms with van der Waals surface area (Å²) in [7, 11) is -4.01. The lowest BCUT2D eigenvalue weighted by molar-refractivity contribution is -0.121. The Hall–Kier alpha value is -2.11. The van der Waals surface area contributed by atoms with E-state index in [1.807, 2.05) is 0 Å². The van der Waals surface area contributed by atoms with E-state index in [1.54, 1.807) is 12.1 Å². The van der Waals surface area contributed by atoms with Crippen molar-refractivity contribution in [1.82, 2.24) is 4.31 Å². The number of hydrogen-bond acceptors (Lipinski definition) is 4. The minimum absolute atomic E-state index is 0.0409. The summed E-state index contributed by atoms with van der Waals surface area (Å²) in [5.41, 5.74) is 0.281. The van der Waals surface area contributed by atoms with E-state index >= 15 is 0 Å². The molecule has 0 radical (unpaired) electrons. The molecule has 1 aliphatic rings. The third kappa shape index (κ3) is 5.98. The summed E-state index contributed by atoms with van der Waals surface area (Å²) in [6.45, 7) is 0.0818. The number of carbonyl (C=O) groups excluding carboxylic acids is 1. The summed E-state index contributed by atoms with van der Waals surface area (Å²) < 4.78 is 78.0. The Morgan fingerprint density at radius 3 is 2.32 bits per heavy atom. The van der Waals surface area contributed by atoms with E-state index in [0.717, 1.165) is 10.4 Å². The molecule has 1 heterocycles. The van der Waals surface area contributed by atoms with Gasteiger partial charge in [0, 0.05) is 23.9 Å². The van der Waals surface area contributed by atoms with Crippen molar-refractivity contribution >= 4 is 33.4 Å². The van der Waals surface area contributed by atoms with Crippen LogP contribution >= 0.6 is 11.8 Å². The number of carbonyl (C=O) groups is 1. The van der Waals surface area contributed by atoms with Gasteiger partial charge in [-0.3, -0.25) is 4.79 Å². The Labute approximate surface area is 181 Å². The third-order valence-electron chi connectivity index (χ3n) is 4.82. The van der Waals surface area contributed by atoms with Gasteiger partial charge < -0.3 is 5.32 Å². The van der Waals surface area contributed by atoms with Crippen molar-refractivity contribution in [3.8, 4) is 0 Å². The molecule has 0 saturated carbocycles. The Bertz CT molecular complexity index is 1040. The van der Waals surface area contributed by atoms with Gasteiger partial charge in [-0.1, -0.05) is 24.3 Å². The van der Waals surface area contributed by atoms with Crippen molar-refractivity contribution in [1.29, 1.82) is 0 Å². The molecule has 0 spiro atoms. The predicted octanol–water partition coefficient (Wildman–Crippen LogP) is 4.52. The molecule has 0 aromatic heterocycles. The van der Waals surface area contributed by atoms with Crippen LogP contribution in [0.5, 0.6) is 0 Å². The fourth-order valence-corrected chi connectivity index (χ4v) is 5.54. The van der Waals surface area contributed by atoms with Crippen LogP contribution in [0, 0.1) is 11.7 Å². The molecule has 1 saturated heterocycles.